The molecule has 0 saturated heterocycles. The first kappa shape index (κ1) is 23.6. The van der Waals surface area contributed by atoms with Crippen LogP contribution >= 0.6 is 0 Å². The summed E-state index contributed by atoms with van der Waals surface area (Å²) in [6.07, 6.45) is 12.0. The van der Waals surface area contributed by atoms with Crippen molar-refractivity contribution in [1.29, 1.82) is 0 Å². The lowest BCUT2D eigenvalue weighted by atomic mass is 9.78. The molecule has 1 aliphatic rings. The van der Waals surface area contributed by atoms with Gasteiger partial charge < -0.3 is 0 Å². The van der Waals surface area contributed by atoms with Crippen LogP contribution in [0.2, 0.25) is 0 Å². The minimum atomic E-state index is -1.11. The molecule has 2 aromatic rings. The Labute approximate surface area is 183 Å². The second-order valence-corrected chi connectivity index (χ2v) is 8.68. The highest BCUT2D eigenvalue weighted by molar-refractivity contribution is 5.66. The molecule has 0 nitrogen and oxygen atoms in total. The van der Waals surface area contributed by atoms with Crippen LogP contribution in [0.25, 0.3) is 11.1 Å². The zero-order chi connectivity index (χ0) is 22.4. The number of hydrogen-bond acceptors (Lipinski definition) is 0. The molecule has 0 heterocycles. The summed E-state index contributed by atoms with van der Waals surface area (Å²) in [5.41, 5.74) is 0.175. The summed E-state index contributed by atoms with van der Waals surface area (Å²) in [7, 11) is 0. The van der Waals surface area contributed by atoms with E-state index in [0.29, 0.717) is 17.9 Å². The normalized spacial score (nSPS) is 19.3. The van der Waals surface area contributed by atoms with E-state index >= 15 is 0 Å². The van der Waals surface area contributed by atoms with Gasteiger partial charge in [-0.2, -0.15) is 0 Å². The van der Waals surface area contributed by atoms with Crippen LogP contribution in [0.4, 0.5) is 17.6 Å². The summed E-state index contributed by atoms with van der Waals surface area (Å²) in [6.45, 7) is 4.07. The molecule has 2 aromatic carbocycles. The molecule has 1 aliphatic carbocycles. The van der Waals surface area contributed by atoms with Crippen LogP contribution in [0.15, 0.2) is 36.4 Å². The molecule has 1 saturated carbocycles. The molecule has 1 fully saturated rings. The van der Waals surface area contributed by atoms with Crippen LogP contribution in [0.5, 0.6) is 0 Å². The smallest absolute Gasteiger partial charge is 0.167 e. The molecule has 0 atom stereocenters. The van der Waals surface area contributed by atoms with Crippen molar-refractivity contribution in [2.24, 2.45) is 5.92 Å². The average Bonchev–Trinajstić information content (AvgIpc) is 2.77. The molecular weight excluding hydrogens is 400 g/mol. The summed E-state index contributed by atoms with van der Waals surface area (Å²) in [6, 6.07) is 5.80. The lowest BCUT2D eigenvalue weighted by molar-refractivity contribution is 0.364. The lowest BCUT2D eigenvalue weighted by Gasteiger charge is -2.27. The van der Waals surface area contributed by atoms with Crippen molar-refractivity contribution in [1.82, 2.24) is 0 Å². The Balaban J connectivity index is 1.81. The molecule has 0 N–H and O–H groups in total. The number of hydrogen-bond donors (Lipinski definition) is 0. The van der Waals surface area contributed by atoms with E-state index < -0.39 is 23.3 Å². The largest absolute Gasteiger partial charge is 0.203 e. The zero-order valence-corrected chi connectivity index (χ0v) is 18.5. The van der Waals surface area contributed by atoms with E-state index in [-0.39, 0.29) is 22.6 Å². The van der Waals surface area contributed by atoms with Gasteiger partial charge in [-0.3, -0.25) is 0 Å². The predicted molar refractivity (Wildman–Crippen MR) is 119 cm³/mol. The second kappa shape index (κ2) is 11.0. The van der Waals surface area contributed by atoms with Crippen molar-refractivity contribution in [3.05, 3.63) is 70.8 Å². The van der Waals surface area contributed by atoms with Crippen LogP contribution in [-0.2, 0) is 6.42 Å². The Morgan fingerprint density at radius 3 is 2.06 bits per heavy atom. The maximum atomic E-state index is 14.9. The highest BCUT2D eigenvalue weighted by Crippen LogP contribution is 2.39. The second-order valence-electron chi connectivity index (χ2n) is 8.68. The fourth-order valence-corrected chi connectivity index (χ4v) is 4.72. The summed E-state index contributed by atoms with van der Waals surface area (Å²) < 4.78 is 59.1. The van der Waals surface area contributed by atoms with Crippen molar-refractivity contribution in [2.45, 2.75) is 77.6 Å². The molecule has 0 radical (unpaired) electrons. The Bertz CT molecular complexity index is 908. The molecular formula is C27H32F4. The molecule has 3 rings (SSSR count). The maximum Gasteiger partial charge on any atom is 0.167 e. The minimum Gasteiger partial charge on any atom is -0.203 e. The minimum absolute atomic E-state index is 0.0443. The predicted octanol–water partition coefficient (Wildman–Crippen LogP) is 8.88. The van der Waals surface area contributed by atoms with Gasteiger partial charge in [0.05, 0.1) is 0 Å². The van der Waals surface area contributed by atoms with E-state index in [4.69, 9.17) is 0 Å². The fourth-order valence-electron chi connectivity index (χ4n) is 4.72. The van der Waals surface area contributed by atoms with Gasteiger partial charge in [-0.25, -0.2) is 17.6 Å². The van der Waals surface area contributed by atoms with Crippen LogP contribution < -0.4 is 0 Å². The molecule has 31 heavy (non-hydrogen) atoms. The maximum absolute atomic E-state index is 14.9. The zero-order valence-electron chi connectivity index (χ0n) is 18.5. The van der Waals surface area contributed by atoms with E-state index in [1.54, 1.807) is 6.07 Å². The van der Waals surface area contributed by atoms with Gasteiger partial charge in [0.1, 0.15) is 0 Å². The molecule has 0 unspecified atom stereocenters. The van der Waals surface area contributed by atoms with Gasteiger partial charge in [0.25, 0.3) is 0 Å². The molecule has 0 aliphatic heterocycles. The Kier molecular flexibility index (Phi) is 8.34. The van der Waals surface area contributed by atoms with Crippen molar-refractivity contribution in [3.63, 3.8) is 0 Å². The third kappa shape index (κ3) is 5.39. The molecule has 0 bridgehead atoms. The first-order valence-electron chi connectivity index (χ1n) is 11.6. The monoisotopic (exact) mass is 432 g/mol. The number of rotatable bonds is 8. The van der Waals surface area contributed by atoms with Gasteiger partial charge in [-0.05, 0) is 68.4 Å². The van der Waals surface area contributed by atoms with Crippen LogP contribution in [0, 0.1) is 29.2 Å². The van der Waals surface area contributed by atoms with Crippen molar-refractivity contribution >= 4 is 0 Å². The third-order valence-electron chi connectivity index (χ3n) is 6.54. The van der Waals surface area contributed by atoms with Crippen molar-refractivity contribution in [3.8, 4) is 11.1 Å². The Morgan fingerprint density at radius 2 is 1.42 bits per heavy atom. The van der Waals surface area contributed by atoms with E-state index in [1.165, 1.54) is 18.2 Å². The number of halogens is 4. The molecule has 0 spiro atoms. The Hall–Kier alpha value is -2.10. The topological polar surface area (TPSA) is 0 Å². The van der Waals surface area contributed by atoms with Gasteiger partial charge >= 0.3 is 0 Å². The van der Waals surface area contributed by atoms with Crippen molar-refractivity contribution in [2.75, 3.05) is 0 Å². The van der Waals surface area contributed by atoms with E-state index in [1.807, 2.05) is 13.0 Å². The van der Waals surface area contributed by atoms with E-state index in [0.717, 1.165) is 51.4 Å². The number of unbranched alkanes of at least 4 members (excludes halogenated alkanes) is 3. The molecule has 168 valence electrons. The first-order valence-corrected chi connectivity index (χ1v) is 11.6. The summed E-state index contributed by atoms with van der Waals surface area (Å²) in [4.78, 5) is 0. The van der Waals surface area contributed by atoms with Crippen molar-refractivity contribution < 1.29 is 17.6 Å². The van der Waals surface area contributed by atoms with Gasteiger partial charge in [-0.15, -0.1) is 0 Å². The molecule has 0 aromatic heterocycles. The number of benzene rings is 2. The molecule has 0 amide bonds. The lowest BCUT2D eigenvalue weighted by Crippen LogP contribution is -2.13. The number of aryl methyl sites for hydroxylation is 1. The third-order valence-corrected chi connectivity index (χ3v) is 6.54. The summed E-state index contributed by atoms with van der Waals surface area (Å²) in [5.74, 6) is -3.65. The summed E-state index contributed by atoms with van der Waals surface area (Å²) in [5, 5.41) is 0. The van der Waals surface area contributed by atoms with Gasteiger partial charge in [0.2, 0.25) is 0 Å². The van der Waals surface area contributed by atoms with E-state index in [9.17, 15) is 17.6 Å². The standard InChI is InChI=1S/C27H32F4/c1-3-5-6-7-9-20-14-15-22(26(30)24(20)28)23-17-16-21(25(29)27(23)31)19-12-10-18(8-4-2)11-13-19/h4,8,14-19H,3,5-7,9-13H2,1-2H3/b8-4+. The van der Waals surface area contributed by atoms with Crippen LogP contribution in [0.1, 0.15) is 82.3 Å². The summed E-state index contributed by atoms with van der Waals surface area (Å²) >= 11 is 0. The Morgan fingerprint density at radius 1 is 0.774 bits per heavy atom. The number of allylic oxidation sites excluding steroid dienone is 2. The van der Waals surface area contributed by atoms with Gasteiger partial charge in [-0.1, -0.05) is 62.6 Å². The quantitative estimate of drug-likeness (QED) is 0.222. The molecule has 4 heteroatoms. The average molecular weight is 433 g/mol. The fraction of sp³-hybridized carbons (Fsp3) is 0.481. The van der Waals surface area contributed by atoms with Gasteiger partial charge in [0, 0.05) is 11.1 Å². The highest BCUT2D eigenvalue weighted by Gasteiger charge is 2.26. The highest BCUT2D eigenvalue weighted by atomic mass is 19.2. The van der Waals surface area contributed by atoms with Crippen LogP contribution in [0.3, 0.4) is 0 Å². The first-order chi connectivity index (χ1) is 15.0. The van der Waals surface area contributed by atoms with E-state index in [2.05, 4.69) is 13.0 Å². The van der Waals surface area contributed by atoms with Crippen LogP contribution in [-0.4, -0.2) is 0 Å². The van der Waals surface area contributed by atoms with Gasteiger partial charge in [0.15, 0.2) is 23.3 Å². The SMILES string of the molecule is C/C=C/C1CCC(c2ccc(-c3ccc(CCCCCC)c(F)c3F)c(F)c2F)CC1.